The summed E-state index contributed by atoms with van der Waals surface area (Å²) >= 11 is 0. The normalized spacial score (nSPS) is 17.4. The van der Waals surface area contributed by atoms with Crippen LogP contribution in [0.2, 0.25) is 0 Å². The van der Waals surface area contributed by atoms with Crippen LogP contribution in [0.3, 0.4) is 0 Å². The van der Waals surface area contributed by atoms with Gasteiger partial charge in [0.25, 0.3) is 5.91 Å². The minimum atomic E-state index is -0.0661. The van der Waals surface area contributed by atoms with Crippen LogP contribution in [0, 0.1) is 0 Å². The minimum absolute atomic E-state index is 0.0661. The molecule has 152 valence electrons. The molecule has 0 bridgehead atoms. The Hall–Kier alpha value is -2.93. The van der Waals surface area contributed by atoms with E-state index in [1.165, 1.54) is 12.0 Å². The molecular weight excluding hydrogens is 366 g/mol. The minimum Gasteiger partial charge on any atom is -0.354 e. The van der Waals surface area contributed by atoms with Crippen LogP contribution in [-0.2, 0) is 20.0 Å². The molecule has 7 heteroatoms. The van der Waals surface area contributed by atoms with Gasteiger partial charge in [-0.1, -0.05) is 41.9 Å². The first-order valence-electron chi connectivity index (χ1n) is 10.1. The predicted octanol–water partition coefficient (Wildman–Crippen LogP) is 3.09. The molecule has 0 radical (unpaired) electrons. The smallest absolute Gasteiger partial charge is 0.267 e. The van der Waals surface area contributed by atoms with Crippen molar-refractivity contribution < 1.29 is 9.32 Å². The van der Waals surface area contributed by atoms with Crippen molar-refractivity contribution in [1.82, 2.24) is 24.9 Å². The first-order chi connectivity index (χ1) is 14.2. The van der Waals surface area contributed by atoms with E-state index in [9.17, 15) is 4.79 Å². The molecule has 3 heterocycles. The van der Waals surface area contributed by atoms with Gasteiger partial charge in [0.2, 0.25) is 5.89 Å². The molecule has 7 nitrogen and oxygen atoms in total. The largest absolute Gasteiger partial charge is 0.354 e. The Morgan fingerprint density at radius 3 is 2.83 bits per heavy atom. The third kappa shape index (κ3) is 4.24. The number of likely N-dealkylation sites (tertiary alicyclic amines) is 1. The number of carbonyl (C=O) groups is 1. The van der Waals surface area contributed by atoms with Gasteiger partial charge in [0.05, 0.1) is 12.6 Å². The third-order valence-electron chi connectivity index (χ3n) is 5.63. The van der Waals surface area contributed by atoms with Crippen molar-refractivity contribution in [3.63, 3.8) is 0 Å². The van der Waals surface area contributed by atoms with Crippen LogP contribution in [0.4, 0.5) is 0 Å². The summed E-state index contributed by atoms with van der Waals surface area (Å²) in [7, 11) is 3.61. The Balaban J connectivity index is 1.49. The molecule has 1 aromatic carbocycles. The molecule has 1 aliphatic heterocycles. The fourth-order valence-electron chi connectivity index (χ4n) is 4.11. The summed E-state index contributed by atoms with van der Waals surface area (Å²) in [5.74, 6) is 1.28. The second-order valence-corrected chi connectivity index (χ2v) is 7.53. The molecule has 1 N–H and O–H groups in total. The van der Waals surface area contributed by atoms with Crippen molar-refractivity contribution >= 4 is 5.91 Å². The molecule has 29 heavy (non-hydrogen) atoms. The summed E-state index contributed by atoms with van der Waals surface area (Å²) < 4.78 is 7.54. The molecule has 1 fully saturated rings. The number of aromatic nitrogens is 3. The second kappa shape index (κ2) is 8.61. The Kier molecular flexibility index (Phi) is 5.76. The Bertz CT molecular complexity index is 963. The molecule has 2 aromatic heterocycles. The van der Waals surface area contributed by atoms with Crippen molar-refractivity contribution in [2.24, 2.45) is 7.05 Å². The predicted molar refractivity (Wildman–Crippen MR) is 109 cm³/mol. The first kappa shape index (κ1) is 19.4. The molecule has 3 aromatic rings. The van der Waals surface area contributed by atoms with Crippen molar-refractivity contribution in [1.29, 1.82) is 0 Å². The van der Waals surface area contributed by atoms with Crippen LogP contribution in [-0.4, -0.2) is 39.1 Å². The van der Waals surface area contributed by atoms with Crippen molar-refractivity contribution in [3.8, 4) is 0 Å². The number of piperidine rings is 1. The highest BCUT2D eigenvalue weighted by molar-refractivity contribution is 5.92. The van der Waals surface area contributed by atoms with Gasteiger partial charge in [-0.3, -0.25) is 9.69 Å². The van der Waals surface area contributed by atoms with Crippen LogP contribution in [0.15, 0.2) is 47.0 Å². The van der Waals surface area contributed by atoms with Gasteiger partial charge in [0.15, 0.2) is 5.82 Å². The second-order valence-electron chi connectivity index (χ2n) is 7.53. The molecule has 1 aliphatic rings. The van der Waals surface area contributed by atoms with Gasteiger partial charge in [0, 0.05) is 26.2 Å². The number of amides is 1. The van der Waals surface area contributed by atoms with Crippen molar-refractivity contribution in [2.75, 3.05) is 13.6 Å². The summed E-state index contributed by atoms with van der Waals surface area (Å²) in [5.41, 5.74) is 2.99. The molecule has 4 rings (SSSR count). The van der Waals surface area contributed by atoms with Gasteiger partial charge >= 0.3 is 0 Å². The molecule has 0 saturated carbocycles. The van der Waals surface area contributed by atoms with Crippen molar-refractivity contribution in [2.45, 2.75) is 38.3 Å². The lowest BCUT2D eigenvalue weighted by Gasteiger charge is -2.35. The van der Waals surface area contributed by atoms with Gasteiger partial charge in [-0.2, -0.15) is 4.98 Å². The average molecular weight is 393 g/mol. The highest BCUT2D eigenvalue weighted by Crippen LogP contribution is 2.32. The zero-order valence-electron chi connectivity index (χ0n) is 17.0. The fraction of sp³-hybridized carbons (Fsp3) is 0.409. The Morgan fingerprint density at radius 2 is 2.03 bits per heavy atom. The SMILES string of the molecule is CNC(=O)c1ccc(C2CCCCN2Cc2nc(Cc3ccccc3)no2)n1C. The molecule has 0 aliphatic carbocycles. The van der Waals surface area contributed by atoms with E-state index in [0.29, 0.717) is 30.4 Å². The van der Waals surface area contributed by atoms with Gasteiger partial charge in [-0.25, -0.2) is 0 Å². The van der Waals surface area contributed by atoms with Gasteiger partial charge in [-0.05, 0) is 37.1 Å². The van der Waals surface area contributed by atoms with Crippen LogP contribution >= 0.6 is 0 Å². The maximum absolute atomic E-state index is 12.1. The monoisotopic (exact) mass is 393 g/mol. The standard InChI is InChI=1S/C22H27N5O2/c1-23-22(28)19-12-11-17(26(19)2)18-10-6-7-13-27(18)15-21-24-20(25-29-21)14-16-8-4-3-5-9-16/h3-5,8-9,11-12,18H,6-7,10,13-15H2,1-2H3,(H,23,28). The first-order valence-corrected chi connectivity index (χ1v) is 10.1. The van der Waals surface area contributed by atoms with Crippen molar-refractivity contribution in [3.05, 3.63) is 71.1 Å². The highest BCUT2D eigenvalue weighted by Gasteiger charge is 2.28. The zero-order chi connectivity index (χ0) is 20.2. The quantitative estimate of drug-likeness (QED) is 0.696. The van der Waals surface area contributed by atoms with E-state index in [-0.39, 0.29) is 11.9 Å². The van der Waals surface area contributed by atoms with Gasteiger partial charge in [0.1, 0.15) is 5.69 Å². The Labute approximate surface area is 170 Å². The number of hydrogen-bond donors (Lipinski definition) is 1. The van der Waals surface area contributed by atoms with Gasteiger partial charge in [-0.15, -0.1) is 0 Å². The maximum atomic E-state index is 12.1. The Morgan fingerprint density at radius 1 is 1.21 bits per heavy atom. The van der Waals surface area contributed by atoms with E-state index in [4.69, 9.17) is 4.52 Å². The van der Waals surface area contributed by atoms with Crippen LogP contribution < -0.4 is 5.32 Å². The highest BCUT2D eigenvalue weighted by atomic mass is 16.5. The fourth-order valence-corrected chi connectivity index (χ4v) is 4.11. The number of nitrogens with zero attached hydrogens (tertiary/aromatic N) is 4. The molecule has 1 unspecified atom stereocenters. The van der Waals surface area contributed by atoms with E-state index >= 15 is 0 Å². The summed E-state index contributed by atoms with van der Waals surface area (Å²) in [6.07, 6.45) is 4.04. The third-order valence-corrected chi connectivity index (χ3v) is 5.63. The lowest BCUT2D eigenvalue weighted by molar-refractivity contribution is 0.0950. The summed E-state index contributed by atoms with van der Waals surface area (Å²) in [6, 6.07) is 14.3. The van der Waals surface area contributed by atoms with E-state index in [1.807, 2.05) is 35.9 Å². The van der Waals surface area contributed by atoms with Gasteiger partial charge < -0.3 is 14.4 Å². The lowest BCUT2D eigenvalue weighted by Crippen LogP contribution is -2.34. The molecule has 1 atom stereocenters. The van der Waals surface area contributed by atoms with E-state index in [0.717, 1.165) is 25.1 Å². The summed E-state index contributed by atoms with van der Waals surface area (Å²) in [4.78, 5) is 19.1. The van der Waals surface area contributed by atoms with Crippen LogP contribution in [0.1, 0.15) is 58.8 Å². The van der Waals surface area contributed by atoms with E-state index in [2.05, 4.69) is 38.6 Å². The summed E-state index contributed by atoms with van der Waals surface area (Å²) in [6.45, 7) is 1.59. The molecule has 0 spiro atoms. The lowest BCUT2D eigenvalue weighted by atomic mass is 9.99. The molecular formula is C22H27N5O2. The zero-order valence-corrected chi connectivity index (χ0v) is 17.0. The molecule has 1 saturated heterocycles. The number of benzene rings is 1. The number of hydrogen-bond acceptors (Lipinski definition) is 5. The number of nitrogens with one attached hydrogen (secondary N) is 1. The van der Waals surface area contributed by atoms with E-state index in [1.54, 1.807) is 7.05 Å². The number of carbonyl (C=O) groups excluding carboxylic acids is 1. The van der Waals surface area contributed by atoms with E-state index < -0.39 is 0 Å². The average Bonchev–Trinajstić information content (AvgIpc) is 3.35. The topological polar surface area (TPSA) is 76.2 Å². The van der Waals surface area contributed by atoms with Crippen LogP contribution in [0.5, 0.6) is 0 Å². The number of rotatable bonds is 6. The van der Waals surface area contributed by atoms with Crippen LogP contribution in [0.25, 0.3) is 0 Å². The summed E-state index contributed by atoms with van der Waals surface area (Å²) in [5, 5.41) is 6.87. The molecule has 1 amide bonds. The maximum Gasteiger partial charge on any atom is 0.267 e.